The van der Waals surface area contributed by atoms with Gasteiger partial charge in [0.15, 0.2) is 0 Å². The van der Waals surface area contributed by atoms with Crippen LogP contribution in [-0.4, -0.2) is 6.10 Å². The molecule has 1 unspecified atom stereocenters. The fourth-order valence-electron chi connectivity index (χ4n) is 5.42. The first-order chi connectivity index (χ1) is 20.7. The van der Waals surface area contributed by atoms with E-state index in [1.165, 1.54) is 92.0 Å². The van der Waals surface area contributed by atoms with E-state index in [0.717, 1.165) is 18.8 Å². The van der Waals surface area contributed by atoms with Crippen LogP contribution in [0.1, 0.15) is 116 Å². The zero-order valence-corrected chi connectivity index (χ0v) is 28.1. The van der Waals surface area contributed by atoms with Gasteiger partial charge in [-0.3, -0.25) is 0 Å². The number of hydrogen-bond acceptors (Lipinski definition) is 2. The SMILES string of the molecule is CC.CCC1=CCC(OCc2ccccc2)C=C1.CCCCCCC1CCCCC1.Cc1cscc1-c1ccccc1. The molecule has 1 atom stereocenters. The Kier molecular flexibility index (Phi) is 19.7. The third kappa shape index (κ3) is 14.7. The minimum atomic E-state index is 0.246. The summed E-state index contributed by atoms with van der Waals surface area (Å²) in [5.41, 5.74) is 6.70. The number of unbranched alkanes of at least 4 members (excludes halogenated alkanes) is 3. The van der Waals surface area contributed by atoms with Crippen LogP contribution in [0.15, 0.2) is 95.2 Å². The van der Waals surface area contributed by atoms with Crippen molar-refractivity contribution in [3.05, 3.63) is 106 Å². The molecule has 1 fully saturated rings. The number of hydrogen-bond donors (Lipinski definition) is 0. The standard InChI is InChI=1S/C15H18O.C12H24.C11H10S.C2H6/c1-2-13-8-10-15(11-9-13)16-12-14-6-4-3-5-7-14;1-2-3-4-6-9-12-10-7-5-8-11-12;1-9-7-12-8-11(9)10-5-3-2-4-6-10;1-2/h3-10,15H,2,11-12H2,1H3;12H,2-11H2,1H3;2-8H,1H3;1-2H3. The molecule has 0 amide bonds. The van der Waals surface area contributed by atoms with Gasteiger partial charge in [0.05, 0.1) is 12.7 Å². The quantitative estimate of drug-likeness (QED) is 0.215. The maximum Gasteiger partial charge on any atom is 0.0798 e. The van der Waals surface area contributed by atoms with Crippen LogP contribution in [0, 0.1) is 12.8 Å². The summed E-state index contributed by atoms with van der Waals surface area (Å²) in [6, 6.07) is 20.8. The first kappa shape index (κ1) is 35.8. The molecule has 2 aromatic carbocycles. The highest BCUT2D eigenvalue weighted by molar-refractivity contribution is 7.08. The summed E-state index contributed by atoms with van der Waals surface area (Å²) in [5, 5.41) is 4.38. The van der Waals surface area contributed by atoms with Crippen LogP contribution in [0.2, 0.25) is 0 Å². The van der Waals surface area contributed by atoms with E-state index in [4.69, 9.17) is 4.74 Å². The molecule has 2 aliphatic carbocycles. The average Bonchev–Trinajstić information content (AvgIpc) is 3.51. The molecule has 0 saturated heterocycles. The fourth-order valence-corrected chi connectivity index (χ4v) is 6.28. The first-order valence-corrected chi connectivity index (χ1v) is 17.7. The molecule has 1 nitrogen and oxygen atoms in total. The Hall–Kier alpha value is -2.42. The molecule has 3 aromatic rings. The lowest BCUT2D eigenvalue weighted by Crippen LogP contribution is -2.11. The molecule has 230 valence electrons. The number of thiophene rings is 1. The molecule has 42 heavy (non-hydrogen) atoms. The molecule has 2 heteroatoms. The van der Waals surface area contributed by atoms with Gasteiger partial charge in [-0.15, -0.1) is 0 Å². The highest BCUT2D eigenvalue weighted by atomic mass is 32.1. The zero-order chi connectivity index (χ0) is 30.3. The highest BCUT2D eigenvalue weighted by Gasteiger charge is 2.12. The Bertz CT molecular complexity index is 1090. The van der Waals surface area contributed by atoms with Crippen molar-refractivity contribution in [2.45, 2.75) is 124 Å². The number of aryl methyl sites for hydroxylation is 1. The van der Waals surface area contributed by atoms with Crippen molar-refractivity contribution in [3.63, 3.8) is 0 Å². The largest absolute Gasteiger partial charge is 0.369 e. The monoisotopic (exact) mass is 586 g/mol. The van der Waals surface area contributed by atoms with Crippen molar-refractivity contribution in [1.82, 2.24) is 0 Å². The van der Waals surface area contributed by atoms with Crippen LogP contribution in [0.5, 0.6) is 0 Å². The van der Waals surface area contributed by atoms with Crippen LogP contribution in [0.4, 0.5) is 0 Å². The Morgan fingerprint density at radius 1 is 0.810 bits per heavy atom. The van der Waals surface area contributed by atoms with Crippen LogP contribution in [0.25, 0.3) is 11.1 Å². The number of rotatable bonds is 10. The van der Waals surface area contributed by atoms with Crippen molar-refractivity contribution < 1.29 is 4.74 Å². The lowest BCUT2D eigenvalue weighted by molar-refractivity contribution is 0.0730. The Labute approximate surface area is 263 Å². The van der Waals surface area contributed by atoms with Gasteiger partial charge in [-0.1, -0.05) is 176 Å². The van der Waals surface area contributed by atoms with Gasteiger partial charge < -0.3 is 4.74 Å². The molecule has 0 bridgehead atoms. The van der Waals surface area contributed by atoms with Gasteiger partial charge in [-0.05, 0) is 58.7 Å². The molecular weight excluding hydrogens is 529 g/mol. The molecule has 5 rings (SSSR count). The summed E-state index contributed by atoms with van der Waals surface area (Å²) in [7, 11) is 0. The molecule has 0 N–H and O–H groups in total. The van der Waals surface area contributed by atoms with E-state index >= 15 is 0 Å². The number of benzene rings is 2. The molecule has 1 aromatic heterocycles. The van der Waals surface area contributed by atoms with Gasteiger partial charge in [0.2, 0.25) is 0 Å². The molecule has 0 aliphatic heterocycles. The van der Waals surface area contributed by atoms with Crippen molar-refractivity contribution in [1.29, 1.82) is 0 Å². The van der Waals surface area contributed by atoms with E-state index < -0.39 is 0 Å². The lowest BCUT2D eigenvalue weighted by atomic mass is 9.85. The lowest BCUT2D eigenvalue weighted by Gasteiger charge is -2.21. The van der Waals surface area contributed by atoms with E-state index in [-0.39, 0.29) is 6.10 Å². The van der Waals surface area contributed by atoms with E-state index in [0.29, 0.717) is 6.61 Å². The topological polar surface area (TPSA) is 9.23 Å². The Balaban J connectivity index is 0.000000217. The predicted molar refractivity (Wildman–Crippen MR) is 188 cm³/mol. The van der Waals surface area contributed by atoms with E-state index in [2.05, 4.69) is 86.2 Å². The van der Waals surface area contributed by atoms with Crippen LogP contribution in [-0.2, 0) is 11.3 Å². The van der Waals surface area contributed by atoms with Gasteiger partial charge in [0, 0.05) is 0 Å². The fraction of sp³-hybridized carbons (Fsp3) is 0.500. The van der Waals surface area contributed by atoms with Gasteiger partial charge in [-0.25, -0.2) is 0 Å². The zero-order valence-electron chi connectivity index (χ0n) is 27.3. The summed E-state index contributed by atoms with van der Waals surface area (Å²) in [6.07, 6.45) is 23.9. The molecule has 0 spiro atoms. The van der Waals surface area contributed by atoms with E-state index in [1.807, 2.05) is 38.1 Å². The Morgan fingerprint density at radius 2 is 1.50 bits per heavy atom. The normalized spacial score (nSPS) is 16.1. The molecule has 2 aliphatic rings. The maximum absolute atomic E-state index is 5.83. The summed E-state index contributed by atoms with van der Waals surface area (Å²) in [6.45, 7) is 11.3. The molecule has 1 saturated carbocycles. The average molecular weight is 587 g/mol. The molecule has 1 heterocycles. The minimum absolute atomic E-state index is 0.246. The number of allylic oxidation sites excluding steroid dienone is 2. The second-order valence-electron chi connectivity index (χ2n) is 11.3. The van der Waals surface area contributed by atoms with E-state index in [9.17, 15) is 0 Å². The van der Waals surface area contributed by atoms with Crippen molar-refractivity contribution >= 4 is 11.3 Å². The van der Waals surface area contributed by atoms with Crippen LogP contribution < -0.4 is 0 Å². The third-order valence-corrected chi connectivity index (χ3v) is 8.84. The summed E-state index contributed by atoms with van der Waals surface area (Å²) in [5.74, 6) is 1.11. The number of ether oxygens (including phenoxy) is 1. The molecule has 0 radical (unpaired) electrons. The second kappa shape index (κ2) is 23.1. The van der Waals surface area contributed by atoms with Crippen molar-refractivity contribution in [2.75, 3.05) is 0 Å². The van der Waals surface area contributed by atoms with Crippen molar-refractivity contribution in [2.24, 2.45) is 5.92 Å². The maximum atomic E-state index is 5.83. The van der Waals surface area contributed by atoms with Gasteiger partial charge in [-0.2, -0.15) is 11.3 Å². The van der Waals surface area contributed by atoms with E-state index in [1.54, 1.807) is 11.3 Å². The Morgan fingerprint density at radius 3 is 2.07 bits per heavy atom. The second-order valence-corrected chi connectivity index (χ2v) is 12.0. The van der Waals surface area contributed by atoms with Crippen LogP contribution in [0.3, 0.4) is 0 Å². The third-order valence-electron chi connectivity index (χ3n) is 7.98. The van der Waals surface area contributed by atoms with Gasteiger partial charge in [0.25, 0.3) is 0 Å². The minimum Gasteiger partial charge on any atom is -0.369 e. The molecular formula is C40H58OS. The van der Waals surface area contributed by atoms with Gasteiger partial charge in [0.1, 0.15) is 0 Å². The predicted octanol–water partition coefficient (Wildman–Crippen LogP) is 13.2. The highest BCUT2D eigenvalue weighted by Crippen LogP contribution is 2.28. The smallest absolute Gasteiger partial charge is 0.0798 e. The van der Waals surface area contributed by atoms with Crippen molar-refractivity contribution in [3.8, 4) is 11.1 Å². The summed E-state index contributed by atoms with van der Waals surface area (Å²) < 4.78 is 5.83. The van der Waals surface area contributed by atoms with Crippen LogP contribution >= 0.6 is 11.3 Å². The first-order valence-electron chi connectivity index (χ1n) is 16.8. The summed E-state index contributed by atoms with van der Waals surface area (Å²) >= 11 is 1.76. The van der Waals surface area contributed by atoms with Gasteiger partial charge >= 0.3 is 0 Å². The summed E-state index contributed by atoms with van der Waals surface area (Å²) in [4.78, 5) is 0.